The third-order valence-corrected chi connectivity index (χ3v) is 5.30. The Kier molecular flexibility index (Phi) is 5.20. The van der Waals surface area contributed by atoms with Crippen molar-refractivity contribution in [2.45, 2.75) is 24.8 Å². The lowest BCUT2D eigenvalue weighted by Crippen LogP contribution is -2.34. The van der Waals surface area contributed by atoms with Gasteiger partial charge in [0.05, 0.1) is 10.4 Å². The van der Waals surface area contributed by atoms with Crippen molar-refractivity contribution >= 4 is 26.8 Å². The van der Waals surface area contributed by atoms with Crippen molar-refractivity contribution in [2.75, 3.05) is 12.4 Å². The zero-order valence-corrected chi connectivity index (χ0v) is 15.8. The molecular formula is C19H22N4O3S. The van der Waals surface area contributed by atoms with Gasteiger partial charge in [0.15, 0.2) is 0 Å². The maximum atomic E-state index is 13.1. The van der Waals surface area contributed by atoms with Gasteiger partial charge in [-0.3, -0.25) is 9.47 Å². The summed E-state index contributed by atoms with van der Waals surface area (Å²) < 4.78 is 24.2. The molecular weight excluding hydrogens is 364 g/mol. The second-order valence-electron chi connectivity index (χ2n) is 6.37. The number of hydrogen-bond donors (Lipinski definition) is 2. The molecule has 4 N–H and O–H groups in total. The Morgan fingerprint density at radius 1 is 1.11 bits per heavy atom. The largest absolute Gasteiger partial charge is 0.338 e. The van der Waals surface area contributed by atoms with Gasteiger partial charge >= 0.3 is 0 Å². The summed E-state index contributed by atoms with van der Waals surface area (Å²) in [4.78, 5) is 14.8. The fourth-order valence-corrected chi connectivity index (χ4v) is 3.55. The van der Waals surface area contributed by atoms with Crippen LogP contribution < -0.4 is 11.0 Å². The number of carbonyl (C=O) groups excluding carboxylic acids is 1. The average Bonchev–Trinajstić information content (AvgIpc) is 2.97. The van der Waals surface area contributed by atoms with E-state index < -0.39 is 10.0 Å². The lowest BCUT2D eigenvalue weighted by atomic mass is 10.2. The first-order valence-corrected chi connectivity index (χ1v) is 10.1. The van der Waals surface area contributed by atoms with Crippen LogP contribution in [0.25, 0.3) is 10.9 Å². The maximum absolute atomic E-state index is 13.1. The Morgan fingerprint density at radius 2 is 1.78 bits per heavy atom. The minimum absolute atomic E-state index is 0.0432. The first-order valence-electron chi connectivity index (χ1n) is 8.58. The fraction of sp³-hybridized carbons (Fsp3) is 0.211. The topological polar surface area (TPSA) is 111 Å². The summed E-state index contributed by atoms with van der Waals surface area (Å²) in [6, 6.07) is 15.5. The maximum Gasteiger partial charge on any atom is 0.272 e. The van der Waals surface area contributed by atoms with Crippen LogP contribution >= 0.6 is 0 Å². The monoisotopic (exact) mass is 386 g/mol. The molecule has 0 bridgehead atoms. The van der Waals surface area contributed by atoms with E-state index in [1.807, 2.05) is 31.2 Å². The number of nitrogen functional groups attached to an aromatic ring is 1. The van der Waals surface area contributed by atoms with Gasteiger partial charge < -0.3 is 10.7 Å². The molecule has 1 amide bonds. The molecule has 0 unspecified atom stereocenters. The lowest BCUT2D eigenvalue weighted by Gasteiger charge is -2.22. The predicted molar refractivity (Wildman–Crippen MR) is 105 cm³/mol. The van der Waals surface area contributed by atoms with Crippen molar-refractivity contribution in [1.82, 2.24) is 9.58 Å². The Labute approximate surface area is 158 Å². The smallest absolute Gasteiger partial charge is 0.272 e. The molecule has 142 valence electrons. The second-order valence-corrected chi connectivity index (χ2v) is 7.94. The second kappa shape index (κ2) is 7.42. The van der Waals surface area contributed by atoms with Gasteiger partial charge in [0, 0.05) is 18.5 Å². The van der Waals surface area contributed by atoms with Crippen molar-refractivity contribution in [1.29, 1.82) is 0 Å². The minimum atomic E-state index is -3.74. The minimum Gasteiger partial charge on any atom is -0.338 e. The first kappa shape index (κ1) is 18.9. The molecule has 0 aliphatic carbocycles. The average molecular weight is 386 g/mol. The van der Waals surface area contributed by atoms with Crippen LogP contribution in [0.5, 0.6) is 0 Å². The quantitative estimate of drug-likeness (QED) is 0.632. The zero-order valence-electron chi connectivity index (χ0n) is 15.0. The van der Waals surface area contributed by atoms with E-state index in [2.05, 4.69) is 0 Å². The summed E-state index contributed by atoms with van der Waals surface area (Å²) in [5.41, 5.74) is 2.00. The Morgan fingerprint density at radius 3 is 2.37 bits per heavy atom. The SMILES string of the molecule is CCCN(Cc1ccc(S(N)(=O)=O)cc1)C(=O)c1cc2ccccc2n1N. The van der Waals surface area contributed by atoms with E-state index in [9.17, 15) is 13.2 Å². The summed E-state index contributed by atoms with van der Waals surface area (Å²) in [5.74, 6) is 5.95. The molecule has 0 fully saturated rings. The highest BCUT2D eigenvalue weighted by Crippen LogP contribution is 2.20. The fourth-order valence-electron chi connectivity index (χ4n) is 3.03. The highest BCUT2D eigenvalue weighted by Gasteiger charge is 2.20. The number of nitrogens with two attached hydrogens (primary N) is 2. The molecule has 0 saturated carbocycles. The van der Waals surface area contributed by atoms with Crippen LogP contribution in [-0.4, -0.2) is 30.4 Å². The van der Waals surface area contributed by atoms with Gasteiger partial charge in [0.25, 0.3) is 5.91 Å². The van der Waals surface area contributed by atoms with Crippen LogP contribution in [0.4, 0.5) is 0 Å². The molecule has 0 atom stereocenters. The summed E-state index contributed by atoms with van der Waals surface area (Å²) in [5, 5.41) is 6.02. The molecule has 0 saturated heterocycles. The van der Waals surface area contributed by atoms with Crippen LogP contribution in [0.3, 0.4) is 0 Å². The van der Waals surface area contributed by atoms with E-state index >= 15 is 0 Å². The standard InChI is InChI=1S/C19H22N4O3S/c1-2-11-22(13-14-7-9-16(10-8-14)27(21,25)26)19(24)18-12-15-5-3-4-6-17(15)23(18)20/h3-10,12H,2,11,13,20H2,1H3,(H2,21,25,26). The molecule has 0 aliphatic rings. The molecule has 8 heteroatoms. The van der Waals surface area contributed by atoms with Crippen LogP contribution in [0.2, 0.25) is 0 Å². The summed E-state index contributed by atoms with van der Waals surface area (Å²) in [7, 11) is -3.74. The third kappa shape index (κ3) is 3.96. The number of hydrogen-bond acceptors (Lipinski definition) is 4. The number of benzene rings is 2. The van der Waals surface area contributed by atoms with Crippen molar-refractivity contribution in [2.24, 2.45) is 5.14 Å². The summed E-state index contributed by atoms with van der Waals surface area (Å²) in [6.07, 6.45) is 0.784. The number of aromatic nitrogens is 1. The van der Waals surface area contributed by atoms with E-state index in [-0.39, 0.29) is 10.8 Å². The summed E-state index contributed by atoms with van der Waals surface area (Å²) >= 11 is 0. The molecule has 1 aromatic heterocycles. The van der Waals surface area contributed by atoms with Gasteiger partial charge in [-0.05, 0) is 36.2 Å². The Hall–Kier alpha value is -2.84. The first-order chi connectivity index (χ1) is 12.8. The third-order valence-electron chi connectivity index (χ3n) is 4.37. The number of fused-ring (bicyclic) bond motifs is 1. The van der Waals surface area contributed by atoms with E-state index in [4.69, 9.17) is 11.0 Å². The number of amides is 1. The number of primary sulfonamides is 1. The molecule has 27 heavy (non-hydrogen) atoms. The van der Waals surface area contributed by atoms with Crippen molar-refractivity contribution in [3.05, 3.63) is 65.9 Å². The van der Waals surface area contributed by atoms with Gasteiger partial charge in [0.2, 0.25) is 10.0 Å². The van der Waals surface area contributed by atoms with E-state index in [1.165, 1.54) is 16.8 Å². The normalized spacial score (nSPS) is 11.6. The molecule has 2 aromatic carbocycles. The van der Waals surface area contributed by atoms with Crippen molar-refractivity contribution in [3.63, 3.8) is 0 Å². The van der Waals surface area contributed by atoms with E-state index in [0.717, 1.165) is 22.9 Å². The Balaban J connectivity index is 1.88. The molecule has 3 rings (SSSR count). The highest BCUT2D eigenvalue weighted by atomic mass is 32.2. The van der Waals surface area contributed by atoms with Crippen molar-refractivity contribution < 1.29 is 13.2 Å². The number of rotatable bonds is 6. The van der Waals surface area contributed by atoms with Gasteiger partial charge in [-0.25, -0.2) is 13.6 Å². The summed E-state index contributed by atoms with van der Waals surface area (Å²) in [6.45, 7) is 2.89. The van der Waals surface area contributed by atoms with Gasteiger partial charge in [0.1, 0.15) is 5.69 Å². The highest BCUT2D eigenvalue weighted by molar-refractivity contribution is 7.89. The number of para-hydroxylation sites is 1. The van der Waals surface area contributed by atoms with Crippen LogP contribution in [0.1, 0.15) is 29.4 Å². The van der Waals surface area contributed by atoms with Gasteiger partial charge in [-0.15, -0.1) is 0 Å². The van der Waals surface area contributed by atoms with Crippen molar-refractivity contribution in [3.8, 4) is 0 Å². The predicted octanol–water partition coefficient (Wildman–Crippen LogP) is 2.05. The lowest BCUT2D eigenvalue weighted by molar-refractivity contribution is 0.0735. The molecule has 7 nitrogen and oxygen atoms in total. The van der Waals surface area contributed by atoms with Crippen LogP contribution in [0.15, 0.2) is 59.5 Å². The Bertz CT molecular complexity index is 1070. The van der Waals surface area contributed by atoms with E-state index in [1.54, 1.807) is 23.1 Å². The molecule has 1 heterocycles. The molecule has 0 radical (unpaired) electrons. The number of carbonyl (C=O) groups is 1. The molecule has 0 spiro atoms. The van der Waals surface area contributed by atoms with Gasteiger partial charge in [-0.2, -0.15) is 0 Å². The van der Waals surface area contributed by atoms with Crippen LogP contribution in [-0.2, 0) is 16.6 Å². The van der Waals surface area contributed by atoms with Gasteiger partial charge in [-0.1, -0.05) is 37.3 Å². The molecule has 0 aliphatic heterocycles. The molecule has 3 aromatic rings. The zero-order chi connectivity index (χ0) is 19.6. The van der Waals surface area contributed by atoms with E-state index in [0.29, 0.717) is 18.8 Å². The van der Waals surface area contributed by atoms with Crippen LogP contribution in [0, 0.1) is 0 Å². The number of sulfonamides is 1. The number of nitrogens with zero attached hydrogens (tertiary/aromatic N) is 2.